The summed E-state index contributed by atoms with van der Waals surface area (Å²) in [6.45, 7) is 6.65. The molecule has 0 N–H and O–H groups in total. The number of para-hydroxylation sites is 2. The molecule has 0 aliphatic heterocycles. The Kier molecular flexibility index (Phi) is 6.21. The van der Waals surface area contributed by atoms with Crippen LogP contribution in [-0.4, -0.2) is 37.0 Å². The fourth-order valence-corrected chi connectivity index (χ4v) is 3.22. The Morgan fingerprint density at radius 3 is 2.92 bits per heavy atom. The molecule has 0 spiro atoms. The Morgan fingerprint density at radius 1 is 1.27 bits per heavy atom. The van der Waals surface area contributed by atoms with Crippen LogP contribution in [0.15, 0.2) is 33.9 Å². The number of thioether (sulfide) groups is 1. The van der Waals surface area contributed by atoms with Crippen molar-refractivity contribution in [2.24, 2.45) is 0 Å². The lowest BCUT2D eigenvalue weighted by atomic mass is 10.2. The van der Waals surface area contributed by atoms with Crippen LogP contribution in [0.25, 0.3) is 5.69 Å². The van der Waals surface area contributed by atoms with E-state index in [0.29, 0.717) is 17.7 Å². The average molecular weight is 374 g/mol. The van der Waals surface area contributed by atoms with Gasteiger partial charge in [-0.25, -0.2) is 0 Å². The van der Waals surface area contributed by atoms with Crippen LogP contribution in [0.1, 0.15) is 50.6 Å². The fourth-order valence-electron chi connectivity index (χ4n) is 2.39. The first-order chi connectivity index (χ1) is 12.7. The number of ether oxygens (including phenoxy) is 1. The highest BCUT2D eigenvalue weighted by atomic mass is 32.2. The normalized spacial score (nSPS) is 12.3. The molecule has 0 aliphatic rings. The van der Waals surface area contributed by atoms with Crippen molar-refractivity contribution >= 4 is 11.8 Å². The topological polar surface area (TPSA) is 91.8 Å². The summed E-state index contributed by atoms with van der Waals surface area (Å²) in [5.74, 6) is 2.06. The minimum atomic E-state index is -0.0677. The first-order valence-corrected chi connectivity index (χ1v) is 9.60. The number of rotatable bonds is 9. The predicted molar refractivity (Wildman–Crippen MR) is 97.5 cm³/mol. The first kappa shape index (κ1) is 18.4. The minimum absolute atomic E-state index is 0.0677. The molecule has 2 aromatic heterocycles. The third-order valence-electron chi connectivity index (χ3n) is 3.70. The largest absolute Gasteiger partial charge is 0.492 e. The van der Waals surface area contributed by atoms with Gasteiger partial charge < -0.3 is 9.26 Å². The number of aromatic nitrogens is 6. The Bertz CT molecular complexity index is 834. The Balaban J connectivity index is 1.78. The molecule has 8 nitrogen and oxygen atoms in total. The summed E-state index contributed by atoms with van der Waals surface area (Å²) in [6.07, 6.45) is 2.98. The van der Waals surface area contributed by atoms with Crippen LogP contribution < -0.4 is 4.74 Å². The van der Waals surface area contributed by atoms with E-state index in [0.717, 1.165) is 36.5 Å². The van der Waals surface area contributed by atoms with Gasteiger partial charge >= 0.3 is 0 Å². The summed E-state index contributed by atoms with van der Waals surface area (Å²) in [7, 11) is 0. The van der Waals surface area contributed by atoms with Crippen LogP contribution in [0.3, 0.4) is 0 Å². The standard InChI is InChI=1S/C17H22N6O2S/c1-4-6-11-15-18-16(25-20-15)12(3)26-17-19-21-22-23(17)13-9-7-8-10-14(13)24-5-2/h7-10,12H,4-6,11H2,1-3H3. The molecule has 1 unspecified atom stereocenters. The number of hydrogen-bond acceptors (Lipinski definition) is 8. The Morgan fingerprint density at radius 2 is 2.12 bits per heavy atom. The smallest absolute Gasteiger partial charge is 0.239 e. The van der Waals surface area contributed by atoms with Crippen LogP contribution in [0.5, 0.6) is 5.75 Å². The molecule has 0 fully saturated rings. The van der Waals surface area contributed by atoms with E-state index in [1.54, 1.807) is 4.68 Å². The molecule has 0 amide bonds. The maximum Gasteiger partial charge on any atom is 0.239 e. The van der Waals surface area contributed by atoms with Gasteiger partial charge in [-0.3, -0.25) is 0 Å². The van der Waals surface area contributed by atoms with E-state index in [1.165, 1.54) is 11.8 Å². The number of nitrogens with zero attached hydrogens (tertiary/aromatic N) is 6. The van der Waals surface area contributed by atoms with Gasteiger partial charge in [0, 0.05) is 6.42 Å². The first-order valence-electron chi connectivity index (χ1n) is 8.72. The summed E-state index contributed by atoms with van der Waals surface area (Å²) < 4.78 is 12.7. The Labute approximate surface area is 156 Å². The number of benzene rings is 1. The van der Waals surface area contributed by atoms with Crippen molar-refractivity contribution in [1.29, 1.82) is 0 Å². The highest BCUT2D eigenvalue weighted by Gasteiger charge is 2.21. The van der Waals surface area contributed by atoms with Crippen LogP contribution in [0, 0.1) is 0 Å². The molecule has 26 heavy (non-hydrogen) atoms. The van der Waals surface area contributed by atoms with Crippen molar-refractivity contribution in [3.8, 4) is 11.4 Å². The van der Waals surface area contributed by atoms with Crippen LogP contribution in [-0.2, 0) is 6.42 Å². The van der Waals surface area contributed by atoms with E-state index in [-0.39, 0.29) is 5.25 Å². The van der Waals surface area contributed by atoms with Crippen molar-refractivity contribution in [3.05, 3.63) is 36.0 Å². The molecule has 1 aromatic carbocycles. The lowest BCUT2D eigenvalue weighted by Crippen LogP contribution is -2.04. The quantitative estimate of drug-likeness (QED) is 0.524. The van der Waals surface area contributed by atoms with Gasteiger partial charge in [0.1, 0.15) is 11.4 Å². The average Bonchev–Trinajstić information content (AvgIpc) is 3.30. The highest BCUT2D eigenvalue weighted by Crippen LogP contribution is 2.34. The molecule has 0 saturated heterocycles. The molecule has 138 valence electrons. The molecule has 2 heterocycles. The second-order valence-corrected chi connectivity index (χ2v) is 6.99. The third-order valence-corrected chi connectivity index (χ3v) is 4.72. The van der Waals surface area contributed by atoms with Crippen molar-refractivity contribution < 1.29 is 9.26 Å². The van der Waals surface area contributed by atoms with E-state index in [9.17, 15) is 0 Å². The summed E-state index contributed by atoms with van der Waals surface area (Å²) in [4.78, 5) is 4.48. The van der Waals surface area contributed by atoms with E-state index in [2.05, 4.69) is 32.6 Å². The summed E-state index contributed by atoms with van der Waals surface area (Å²) in [6, 6.07) is 7.67. The van der Waals surface area contributed by atoms with Crippen LogP contribution >= 0.6 is 11.8 Å². The molecule has 0 aliphatic carbocycles. The molecule has 9 heteroatoms. The summed E-state index contributed by atoms with van der Waals surface area (Å²) in [5.41, 5.74) is 0.795. The zero-order valence-corrected chi connectivity index (χ0v) is 15.9. The predicted octanol–water partition coefficient (Wildman–Crippen LogP) is 3.64. The minimum Gasteiger partial charge on any atom is -0.492 e. The van der Waals surface area contributed by atoms with E-state index < -0.39 is 0 Å². The van der Waals surface area contributed by atoms with E-state index in [1.807, 2.05) is 38.1 Å². The molecular formula is C17H22N6O2S. The van der Waals surface area contributed by atoms with Gasteiger partial charge in [0.15, 0.2) is 5.82 Å². The molecule has 0 radical (unpaired) electrons. The van der Waals surface area contributed by atoms with Crippen molar-refractivity contribution in [3.63, 3.8) is 0 Å². The van der Waals surface area contributed by atoms with Gasteiger partial charge in [-0.2, -0.15) is 9.67 Å². The van der Waals surface area contributed by atoms with Crippen LogP contribution in [0.2, 0.25) is 0 Å². The molecular weight excluding hydrogens is 352 g/mol. The lowest BCUT2D eigenvalue weighted by Gasteiger charge is -2.11. The third kappa shape index (κ3) is 4.21. The van der Waals surface area contributed by atoms with E-state index in [4.69, 9.17) is 9.26 Å². The zero-order chi connectivity index (χ0) is 18.4. The molecule has 3 aromatic rings. The zero-order valence-electron chi connectivity index (χ0n) is 15.1. The number of tetrazole rings is 1. The number of aryl methyl sites for hydroxylation is 1. The van der Waals surface area contributed by atoms with Gasteiger partial charge in [-0.05, 0) is 42.8 Å². The van der Waals surface area contributed by atoms with Crippen LogP contribution in [0.4, 0.5) is 0 Å². The van der Waals surface area contributed by atoms with Gasteiger partial charge in [0.05, 0.1) is 11.9 Å². The van der Waals surface area contributed by atoms with Gasteiger partial charge in [-0.15, -0.1) is 5.10 Å². The van der Waals surface area contributed by atoms with Gasteiger partial charge in [0.25, 0.3) is 0 Å². The van der Waals surface area contributed by atoms with Gasteiger partial charge in [-0.1, -0.05) is 42.4 Å². The monoisotopic (exact) mass is 374 g/mol. The number of unbranched alkanes of at least 4 members (excludes halogenated alkanes) is 1. The van der Waals surface area contributed by atoms with Gasteiger partial charge in [0.2, 0.25) is 11.0 Å². The second kappa shape index (κ2) is 8.79. The SMILES string of the molecule is CCCCc1noc(C(C)Sc2nnnn2-c2ccccc2OCC)n1. The molecule has 3 rings (SSSR count). The second-order valence-electron chi connectivity index (χ2n) is 5.69. The highest BCUT2D eigenvalue weighted by molar-refractivity contribution is 7.99. The number of hydrogen-bond donors (Lipinski definition) is 0. The molecule has 0 saturated carbocycles. The lowest BCUT2D eigenvalue weighted by molar-refractivity contribution is 0.337. The summed E-state index contributed by atoms with van der Waals surface area (Å²) in [5, 5.41) is 16.7. The fraction of sp³-hybridized carbons (Fsp3) is 0.471. The van der Waals surface area contributed by atoms with Crippen molar-refractivity contribution in [2.45, 2.75) is 50.4 Å². The summed E-state index contributed by atoms with van der Waals surface area (Å²) >= 11 is 1.46. The van der Waals surface area contributed by atoms with E-state index >= 15 is 0 Å². The van der Waals surface area contributed by atoms with Crippen molar-refractivity contribution in [2.75, 3.05) is 6.61 Å². The maximum atomic E-state index is 5.68. The maximum absolute atomic E-state index is 5.68. The molecule has 1 atom stereocenters. The Hall–Kier alpha value is -2.42. The molecule has 0 bridgehead atoms. The van der Waals surface area contributed by atoms with Crippen molar-refractivity contribution in [1.82, 2.24) is 30.3 Å².